The van der Waals surface area contributed by atoms with Gasteiger partial charge < -0.3 is 15.0 Å². The lowest BCUT2D eigenvalue weighted by molar-refractivity contribution is 0.0302. The molecule has 0 spiro atoms. The van der Waals surface area contributed by atoms with E-state index in [-0.39, 0.29) is 11.9 Å². The molecule has 1 atom stereocenters. The Labute approximate surface area is 160 Å². The standard InChI is InChI=1S/C22H27N3O2/c1-16(18-7-6-17-4-2-3-5-19(17)14-18)24-21-9-8-20(15-23-21)22(26)25-10-12-27-13-11-25/h6-9,14-16H,2-5,10-13H2,1H3,(H,23,24). The Balaban J connectivity index is 1.41. The number of anilines is 1. The highest BCUT2D eigenvalue weighted by molar-refractivity contribution is 5.94. The Morgan fingerprint density at radius 3 is 2.63 bits per heavy atom. The lowest BCUT2D eigenvalue weighted by atomic mass is 9.89. The van der Waals surface area contributed by atoms with E-state index in [2.05, 4.69) is 35.4 Å². The van der Waals surface area contributed by atoms with Crippen LogP contribution in [0.1, 0.15) is 52.9 Å². The van der Waals surface area contributed by atoms with Gasteiger partial charge in [0.05, 0.1) is 18.8 Å². The number of benzene rings is 1. The second-order valence-electron chi connectivity index (χ2n) is 7.44. The van der Waals surface area contributed by atoms with Crippen LogP contribution in [0.4, 0.5) is 5.82 Å². The number of aryl methyl sites for hydroxylation is 2. The Kier molecular flexibility index (Phi) is 5.39. The van der Waals surface area contributed by atoms with E-state index >= 15 is 0 Å². The smallest absolute Gasteiger partial charge is 0.255 e. The highest BCUT2D eigenvalue weighted by Crippen LogP contribution is 2.26. The quantitative estimate of drug-likeness (QED) is 0.899. The Morgan fingerprint density at radius 1 is 1.11 bits per heavy atom. The molecule has 4 rings (SSSR count). The van der Waals surface area contributed by atoms with Crippen molar-refractivity contribution in [3.63, 3.8) is 0 Å². The van der Waals surface area contributed by atoms with Crippen molar-refractivity contribution in [2.75, 3.05) is 31.6 Å². The van der Waals surface area contributed by atoms with Crippen molar-refractivity contribution in [2.45, 2.75) is 38.6 Å². The number of aromatic nitrogens is 1. The number of rotatable bonds is 4. The molecule has 1 aliphatic heterocycles. The van der Waals surface area contributed by atoms with Gasteiger partial charge in [-0.1, -0.05) is 18.2 Å². The third-order valence-corrected chi connectivity index (χ3v) is 5.55. The minimum atomic E-state index is 0.0279. The number of fused-ring (bicyclic) bond motifs is 1. The van der Waals surface area contributed by atoms with Crippen LogP contribution < -0.4 is 5.32 Å². The number of morpholine rings is 1. The molecule has 1 fully saturated rings. The van der Waals surface area contributed by atoms with E-state index in [0.29, 0.717) is 31.9 Å². The average Bonchev–Trinajstić information content (AvgIpc) is 2.74. The molecule has 27 heavy (non-hydrogen) atoms. The van der Waals surface area contributed by atoms with Gasteiger partial charge in [0, 0.05) is 25.3 Å². The SMILES string of the molecule is CC(Nc1ccc(C(=O)N2CCOCC2)cn1)c1ccc2c(c1)CCCC2. The van der Waals surface area contributed by atoms with Gasteiger partial charge in [0.25, 0.3) is 5.91 Å². The van der Waals surface area contributed by atoms with Crippen LogP contribution in [-0.4, -0.2) is 42.1 Å². The summed E-state index contributed by atoms with van der Waals surface area (Å²) in [6.07, 6.45) is 6.65. The van der Waals surface area contributed by atoms with E-state index in [1.165, 1.54) is 42.4 Å². The summed E-state index contributed by atoms with van der Waals surface area (Å²) in [5, 5.41) is 3.45. The normalized spacial score (nSPS) is 17.9. The van der Waals surface area contributed by atoms with Crippen LogP contribution in [0.15, 0.2) is 36.5 Å². The topological polar surface area (TPSA) is 54.5 Å². The zero-order chi connectivity index (χ0) is 18.6. The van der Waals surface area contributed by atoms with Crippen molar-refractivity contribution >= 4 is 11.7 Å². The number of carbonyl (C=O) groups is 1. The number of ether oxygens (including phenoxy) is 1. The highest BCUT2D eigenvalue weighted by atomic mass is 16.5. The predicted molar refractivity (Wildman–Crippen MR) is 106 cm³/mol. The highest BCUT2D eigenvalue weighted by Gasteiger charge is 2.19. The summed E-state index contributed by atoms with van der Waals surface area (Å²) in [5.74, 6) is 0.818. The first-order valence-electron chi connectivity index (χ1n) is 9.92. The predicted octanol–water partition coefficient (Wildman–Crippen LogP) is 3.61. The van der Waals surface area contributed by atoms with E-state index < -0.39 is 0 Å². The van der Waals surface area contributed by atoms with Crippen LogP contribution in [0.5, 0.6) is 0 Å². The number of hydrogen-bond acceptors (Lipinski definition) is 4. The monoisotopic (exact) mass is 365 g/mol. The molecule has 1 aliphatic carbocycles. The average molecular weight is 365 g/mol. The fraction of sp³-hybridized carbons (Fsp3) is 0.455. The molecule has 1 amide bonds. The fourth-order valence-electron chi connectivity index (χ4n) is 3.88. The van der Waals surface area contributed by atoms with Crippen molar-refractivity contribution < 1.29 is 9.53 Å². The van der Waals surface area contributed by atoms with Crippen LogP contribution in [0, 0.1) is 0 Å². The Morgan fingerprint density at radius 2 is 1.89 bits per heavy atom. The first kappa shape index (κ1) is 18.0. The van der Waals surface area contributed by atoms with Crippen LogP contribution >= 0.6 is 0 Å². The largest absolute Gasteiger partial charge is 0.378 e. The summed E-state index contributed by atoms with van der Waals surface area (Å²) < 4.78 is 5.31. The van der Waals surface area contributed by atoms with Crippen LogP contribution in [0.25, 0.3) is 0 Å². The van der Waals surface area contributed by atoms with E-state index in [0.717, 1.165) is 5.82 Å². The van der Waals surface area contributed by atoms with Gasteiger partial charge in [-0.2, -0.15) is 0 Å². The van der Waals surface area contributed by atoms with Gasteiger partial charge in [-0.15, -0.1) is 0 Å². The number of nitrogens with zero attached hydrogens (tertiary/aromatic N) is 2. The van der Waals surface area contributed by atoms with E-state index in [4.69, 9.17) is 4.74 Å². The summed E-state index contributed by atoms with van der Waals surface area (Å²) in [4.78, 5) is 18.8. The van der Waals surface area contributed by atoms with Crippen molar-refractivity contribution in [1.82, 2.24) is 9.88 Å². The molecule has 5 nitrogen and oxygen atoms in total. The third-order valence-electron chi connectivity index (χ3n) is 5.55. The second-order valence-corrected chi connectivity index (χ2v) is 7.44. The summed E-state index contributed by atoms with van der Waals surface area (Å²) in [7, 11) is 0. The number of carbonyl (C=O) groups excluding carboxylic acids is 1. The minimum absolute atomic E-state index is 0.0279. The van der Waals surface area contributed by atoms with Gasteiger partial charge in [0.15, 0.2) is 0 Å². The maximum absolute atomic E-state index is 12.5. The molecular weight excluding hydrogens is 338 g/mol. The van der Waals surface area contributed by atoms with E-state index in [9.17, 15) is 4.79 Å². The minimum Gasteiger partial charge on any atom is -0.378 e. The second kappa shape index (κ2) is 8.09. The molecule has 2 aromatic rings. The maximum Gasteiger partial charge on any atom is 0.255 e. The summed E-state index contributed by atoms with van der Waals surface area (Å²) in [5.41, 5.74) is 4.91. The van der Waals surface area contributed by atoms with Gasteiger partial charge in [-0.25, -0.2) is 4.98 Å². The van der Waals surface area contributed by atoms with Crippen LogP contribution in [0.2, 0.25) is 0 Å². The van der Waals surface area contributed by atoms with Crippen LogP contribution in [-0.2, 0) is 17.6 Å². The molecule has 1 N–H and O–H groups in total. The molecule has 1 aromatic carbocycles. The zero-order valence-electron chi connectivity index (χ0n) is 15.9. The molecule has 142 valence electrons. The number of amides is 1. The molecule has 1 unspecified atom stereocenters. The molecule has 1 saturated heterocycles. The lowest BCUT2D eigenvalue weighted by Gasteiger charge is -2.26. The van der Waals surface area contributed by atoms with Gasteiger partial charge >= 0.3 is 0 Å². The molecule has 0 bridgehead atoms. The summed E-state index contributed by atoms with van der Waals surface area (Å²) in [6.45, 7) is 4.66. The van der Waals surface area contributed by atoms with Gasteiger partial charge in [-0.05, 0) is 61.4 Å². The van der Waals surface area contributed by atoms with Gasteiger partial charge in [0.1, 0.15) is 5.82 Å². The first-order valence-corrected chi connectivity index (χ1v) is 9.92. The van der Waals surface area contributed by atoms with Crippen LogP contribution in [0.3, 0.4) is 0 Å². The zero-order valence-corrected chi connectivity index (χ0v) is 15.9. The summed E-state index contributed by atoms with van der Waals surface area (Å²) >= 11 is 0. The van der Waals surface area contributed by atoms with E-state index in [1.54, 1.807) is 6.20 Å². The van der Waals surface area contributed by atoms with Gasteiger partial charge in [-0.3, -0.25) is 4.79 Å². The number of nitrogens with one attached hydrogen (secondary N) is 1. The molecule has 0 saturated carbocycles. The molecule has 2 heterocycles. The fourth-order valence-corrected chi connectivity index (χ4v) is 3.88. The van der Waals surface area contributed by atoms with Crippen molar-refractivity contribution in [3.8, 4) is 0 Å². The molecule has 2 aliphatic rings. The molecular formula is C22H27N3O2. The Hall–Kier alpha value is -2.40. The first-order chi connectivity index (χ1) is 13.2. The van der Waals surface area contributed by atoms with Crippen molar-refractivity contribution in [3.05, 3.63) is 58.8 Å². The molecule has 5 heteroatoms. The van der Waals surface area contributed by atoms with Crippen molar-refractivity contribution in [2.24, 2.45) is 0 Å². The van der Waals surface area contributed by atoms with Gasteiger partial charge in [0.2, 0.25) is 0 Å². The Bertz CT molecular complexity index is 798. The lowest BCUT2D eigenvalue weighted by Crippen LogP contribution is -2.40. The summed E-state index contributed by atoms with van der Waals surface area (Å²) in [6, 6.07) is 10.8. The van der Waals surface area contributed by atoms with Crippen molar-refractivity contribution in [1.29, 1.82) is 0 Å². The molecule has 1 aromatic heterocycles. The third kappa shape index (κ3) is 4.14. The number of hydrogen-bond donors (Lipinski definition) is 1. The molecule has 0 radical (unpaired) electrons. The van der Waals surface area contributed by atoms with E-state index in [1.807, 2.05) is 17.0 Å². The number of pyridine rings is 1. The maximum atomic E-state index is 12.5.